The number of aromatic nitrogens is 4. The van der Waals surface area contributed by atoms with E-state index in [0.29, 0.717) is 0 Å². The van der Waals surface area contributed by atoms with Gasteiger partial charge in [0.15, 0.2) is 0 Å². The fraction of sp³-hybridized carbons (Fsp3) is 0.417. The summed E-state index contributed by atoms with van der Waals surface area (Å²) >= 11 is 5.08. The highest BCUT2D eigenvalue weighted by Gasteiger charge is 2.19. The highest BCUT2D eigenvalue weighted by atomic mass is 79.9. The minimum Gasteiger partial charge on any atom is -0.215 e. The van der Waals surface area contributed by atoms with Crippen LogP contribution in [-0.2, 0) is 11.3 Å². The van der Waals surface area contributed by atoms with Crippen LogP contribution < -0.4 is 0 Å². The summed E-state index contributed by atoms with van der Waals surface area (Å²) in [6, 6.07) is 8.29. The van der Waals surface area contributed by atoms with Gasteiger partial charge in [-0.05, 0) is 48.9 Å². The number of rotatable bonds is 3. The maximum atomic E-state index is 4.07. The summed E-state index contributed by atoms with van der Waals surface area (Å²) in [5.74, 6) is 0.865. The molecule has 0 saturated carbocycles. The minimum absolute atomic E-state index is 0.0917. The number of hydrogen-bond acceptors (Lipinski definition) is 4. The van der Waals surface area contributed by atoms with Crippen LogP contribution in [0.2, 0.25) is 0 Å². The first-order valence-electron chi connectivity index (χ1n) is 5.63. The van der Waals surface area contributed by atoms with E-state index in [9.17, 15) is 0 Å². The van der Waals surface area contributed by atoms with Crippen molar-refractivity contribution in [2.75, 3.05) is 0 Å². The Hall–Kier alpha value is -0.880. The van der Waals surface area contributed by atoms with E-state index in [1.54, 1.807) is 11.8 Å². The fourth-order valence-electron chi connectivity index (χ4n) is 1.42. The van der Waals surface area contributed by atoms with Crippen molar-refractivity contribution in [1.29, 1.82) is 0 Å². The lowest BCUT2D eigenvalue weighted by Crippen LogP contribution is -2.24. The zero-order valence-corrected chi connectivity index (χ0v) is 13.0. The van der Waals surface area contributed by atoms with E-state index in [4.69, 9.17) is 0 Å². The van der Waals surface area contributed by atoms with Crippen molar-refractivity contribution in [3.63, 3.8) is 0 Å². The number of tetrazole rings is 1. The van der Waals surface area contributed by atoms with E-state index in [2.05, 4.69) is 64.4 Å². The molecule has 0 spiro atoms. The van der Waals surface area contributed by atoms with E-state index in [1.807, 2.05) is 16.8 Å². The molecule has 0 bridgehead atoms. The number of halogens is 1. The van der Waals surface area contributed by atoms with Crippen molar-refractivity contribution in [1.82, 2.24) is 20.2 Å². The number of hydrogen-bond donors (Lipinski definition) is 0. The van der Waals surface area contributed by atoms with Gasteiger partial charge in [0, 0.05) is 10.2 Å². The molecule has 0 unspecified atom stereocenters. The van der Waals surface area contributed by atoms with Gasteiger partial charge >= 0.3 is 0 Å². The van der Waals surface area contributed by atoms with Gasteiger partial charge in [0.05, 0.1) is 5.54 Å². The van der Waals surface area contributed by atoms with Crippen LogP contribution >= 0.6 is 27.7 Å². The quantitative estimate of drug-likeness (QED) is 0.810. The summed E-state index contributed by atoms with van der Waals surface area (Å²) in [5, 5.41) is 12.7. The lowest BCUT2D eigenvalue weighted by molar-refractivity contribution is 0.321. The SMILES string of the molecule is CC(C)(C)n1nnnc1SCc1ccc(Br)cc1. The van der Waals surface area contributed by atoms with Crippen LogP contribution in [-0.4, -0.2) is 20.2 Å². The Morgan fingerprint density at radius 1 is 1.22 bits per heavy atom. The molecule has 2 rings (SSSR count). The van der Waals surface area contributed by atoms with Crippen molar-refractivity contribution in [2.45, 2.75) is 37.2 Å². The Morgan fingerprint density at radius 3 is 2.50 bits per heavy atom. The Morgan fingerprint density at radius 2 is 1.89 bits per heavy atom. The molecule has 1 heterocycles. The van der Waals surface area contributed by atoms with Gasteiger partial charge in [-0.1, -0.05) is 39.8 Å². The Bertz CT molecular complexity index is 516. The zero-order chi connectivity index (χ0) is 13.2. The molecule has 0 aliphatic heterocycles. The van der Waals surface area contributed by atoms with Crippen LogP contribution in [0, 0.1) is 0 Å². The number of nitrogens with zero attached hydrogens (tertiary/aromatic N) is 4. The van der Waals surface area contributed by atoms with Crippen molar-refractivity contribution < 1.29 is 0 Å². The van der Waals surface area contributed by atoms with Gasteiger partial charge in [-0.2, -0.15) is 0 Å². The lowest BCUT2D eigenvalue weighted by atomic mass is 10.1. The molecule has 0 fully saturated rings. The average Bonchev–Trinajstić information content (AvgIpc) is 2.76. The molecule has 2 aromatic rings. The average molecular weight is 327 g/mol. The normalized spacial score (nSPS) is 11.8. The van der Waals surface area contributed by atoms with E-state index in [0.717, 1.165) is 15.4 Å². The molecule has 0 amide bonds. The van der Waals surface area contributed by atoms with Crippen molar-refractivity contribution >= 4 is 27.7 Å². The van der Waals surface area contributed by atoms with Gasteiger partial charge in [-0.15, -0.1) is 5.10 Å². The largest absolute Gasteiger partial charge is 0.215 e. The van der Waals surface area contributed by atoms with Crippen LogP contribution in [0.4, 0.5) is 0 Å². The van der Waals surface area contributed by atoms with Crippen LogP contribution in [0.5, 0.6) is 0 Å². The second-order valence-corrected chi connectivity index (χ2v) is 6.82. The van der Waals surface area contributed by atoms with Gasteiger partial charge in [-0.25, -0.2) is 4.68 Å². The second-order valence-electron chi connectivity index (χ2n) is 4.96. The molecule has 0 radical (unpaired) electrons. The first kappa shape index (κ1) is 13.5. The van der Waals surface area contributed by atoms with Crippen LogP contribution in [0.25, 0.3) is 0 Å². The third kappa shape index (κ3) is 3.32. The highest BCUT2D eigenvalue weighted by Crippen LogP contribution is 2.25. The first-order chi connectivity index (χ1) is 8.47. The zero-order valence-electron chi connectivity index (χ0n) is 10.6. The minimum atomic E-state index is -0.0917. The van der Waals surface area contributed by atoms with E-state index < -0.39 is 0 Å². The Balaban J connectivity index is 2.07. The molecule has 0 atom stereocenters. The molecule has 1 aromatic carbocycles. The second kappa shape index (κ2) is 5.40. The molecule has 4 nitrogen and oxygen atoms in total. The van der Waals surface area contributed by atoms with E-state index in [1.165, 1.54) is 5.56 Å². The maximum Gasteiger partial charge on any atom is 0.210 e. The molecular formula is C12H15BrN4S. The van der Waals surface area contributed by atoms with Gasteiger partial charge in [0.25, 0.3) is 0 Å². The highest BCUT2D eigenvalue weighted by molar-refractivity contribution is 9.10. The van der Waals surface area contributed by atoms with Crippen LogP contribution in [0.3, 0.4) is 0 Å². The molecule has 1 aromatic heterocycles. The third-order valence-electron chi connectivity index (χ3n) is 2.36. The standard InChI is InChI=1S/C12H15BrN4S/c1-12(2,3)17-11(14-15-16-17)18-8-9-4-6-10(13)7-5-9/h4-7H,8H2,1-3H3. The molecule has 96 valence electrons. The smallest absolute Gasteiger partial charge is 0.210 e. The summed E-state index contributed by atoms with van der Waals surface area (Å²) in [4.78, 5) is 0. The summed E-state index contributed by atoms with van der Waals surface area (Å²) in [6.45, 7) is 6.27. The summed E-state index contributed by atoms with van der Waals surface area (Å²) in [7, 11) is 0. The molecule has 0 aliphatic rings. The topological polar surface area (TPSA) is 43.6 Å². The predicted octanol–water partition coefficient (Wildman–Crippen LogP) is 3.48. The van der Waals surface area contributed by atoms with Crippen molar-refractivity contribution in [3.05, 3.63) is 34.3 Å². The monoisotopic (exact) mass is 326 g/mol. The maximum absolute atomic E-state index is 4.07. The molecule has 0 N–H and O–H groups in total. The fourth-order valence-corrected chi connectivity index (χ4v) is 2.70. The predicted molar refractivity (Wildman–Crippen MR) is 76.5 cm³/mol. The summed E-state index contributed by atoms with van der Waals surface area (Å²) in [6.07, 6.45) is 0. The Kier molecular flexibility index (Phi) is 4.07. The molecular weight excluding hydrogens is 312 g/mol. The van der Waals surface area contributed by atoms with E-state index in [-0.39, 0.29) is 5.54 Å². The van der Waals surface area contributed by atoms with Gasteiger partial charge in [-0.3, -0.25) is 0 Å². The summed E-state index contributed by atoms with van der Waals surface area (Å²) in [5.41, 5.74) is 1.16. The van der Waals surface area contributed by atoms with Gasteiger partial charge in [0.2, 0.25) is 5.16 Å². The molecule has 6 heteroatoms. The molecule has 0 saturated heterocycles. The number of thioether (sulfide) groups is 1. The number of benzene rings is 1. The van der Waals surface area contributed by atoms with Crippen molar-refractivity contribution in [2.24, 2.45) is 0 Å². The first-order valence-corrected chi connectivity index (χ1v) is 7.41. The molecule has 18 heavy (non-hydrogen) atoms. The van der Waals surface area contributed by atoms with Crippen LogP contribution in [0.15, 0.2) is 33.9 Å². The van der Waals surface area contributed by atoms with Crippen molar-refractivity contribution in [3.8, 4) is 0 Å². The lowest BCUT2D eigenvalue weighted by Gasteiger charge is -2.19. The van der Waals surface area contributed by atoms with Crippen LogP contribution in [0.1, 0.15) is 26.3 Å². The van der Waals surface area contributed by atoms with Gasteiger partial charge < -0.3 is 0 Å². The summed E-state index contributed by atoms with van der Waals surface area (Å²) < 4.78 is 2.95. The van der Waals surface area contributed by atoms with E-state index >= 15 is 0 Å². The third-order valence-corrected chi connectivity index (χ3v) is 3.88. The molecule has 0 aliphatic carbocycles. The Labute approximate surface area is 119 Å². The van der Waals surface area contributed by atoms with Gasteiger partial charge in [0.1, 0.15) is 0 Å².